The molecule has 0 N–H and O–H groups in total. The number of likely N-dealkylation sites (tertiary alicyclic amines) is 1. The van der Waals surface area contributed by atoms with Crippen molar-refractivity contribution in [2.75, 3.05) is 0 Å². The molecule has 0 bridgehead atoms. The van der Waals surface area contributed by atoms with E-state index >= 15 is 0 Å². The van der Waals surface area contributed by atoms with Gasteiger partial charge in [-0.1, -0.05) is 37.0 Å². The molecule has 4 nitrogen and oxygen atoms in total. The summed E-state index contributed by atoms with van der Waals surface area (Å²) in [6.45, 7) is 3.98. The number of carbonyl (C=O) groups excluding carboxylic acids is 2. The minimum atomic E-state index is -0.271. The van der Waals surface area contributed by atoms with Crippen molar-refractivity contribution in [2.45, 2.75) is 33.2 Å². The van der Waals surface area contributed by atoms with Gasteiger partial charge in [-0.15, -0.1) is 0 Å². The van der Waals surface area contributed by atoms with Crippen LogP contribution in [0.15, 0.2) is 12.3 Å². The highest BCUT2D eigenvalue weighted by Crippen LogP contribution is 2.32. The van der Waals surface area contributed by atoms with Crippen LogP contribution in [0.25, 0.3) is 0 Å². The van der Waals surface area contributed by atoms with Crippen molar-refractivity contribution in [3.05, 3.63) is 28.0 Å². The molecule has 0 unspecified atom stereocenters. The number of amides is 2. The molecule has 0 radical (unpaired) electrons. The maximum Gasteiger partial charge on any atom is 0.230 e. The van der Waals surface area contributed by atoms with E-state index in [0.717, 1.165) is 0 Å². The third kappa shape index (κ3) is 3.25. The molecule has 1 aliphatic rings. The first-order chi connectivity index (χ1) is 8.78. The molecule has 0 saturated carbocycles. The second-order valence-corrected chi connectivity index (χ2v) is 6.28. The average Bonchev–Trinajstić information content (AvgIpc) is 2.24. The van der Waals surface area contributed by atoms with Crippen molar-refractivity contribution in [3.63, 3.8) is 0 Å². The van der Waals surface area contributed by atoms with E-state index in [4.69, 9.17) is 23.2 Å². The van der Waals surface area contributed by atoms with Crippen molar-refractivity contribution in [1.82, 2.24) is 9.88 Å². The third-order valence-electron chi connectivity index (χ3n) is 3.09. The molecule has 0 spiro atoms. The molecule has 1 fully saturated rings. The SMILES string of the molecule is CC1(C)CC(=O)N(Cc2cnc(Cl)cc2Cl)C(=O)C1. The number of aromatic nitrogens is 1. The van der Waals surface area contributed by atoms with Gasteiger partial charge in [-0.05, 0) is 11.5 Å². The maximum absolute atomic E-state index is 12.0. The fraction of sp³-hybridized carbons (Fsp3) is 0.462. The Morgan fingerprint density at radius 1 is 1.26 bits per heavy atom. The summed E-state index contributed by atoms with van der Waals surface area (Å²) >= 11 is 11.7. The molecule has 0 aliphatic carbocycles. The van der Waals surface area contributed by atoms with Crippen LogP contribution in [0, 0.1) is 5.41 Å². The second-order valence-electron chi connectivity index (χ2n) is 5.49. The van der Waals surface area contributed by atoms with Gasteiger partial charge in [-0.2, -0.15) is 0 Å². The zero-order valence-electron chi connectivity index (χ0n) is 10.7. The lowest BCUT2D eigenvalue weighted by Crippen LogP contribution is -2.45. The molecule has 1 aliphatic heterocycles. The van der Waals surface area contributed by atoms with Gasteiger partial charge in [0.05, 0.1) is 11.6 Å². The first kappa shape index (κ1) is 14.3. The highest BCUT2D eigenvalue weighted by atomic mass is 35.5. The lowest BCUT2D eigenvalue weighted by molar-refractivity contribution is -0.153. The van der Waals surface area contributed by atoms with Crippen LogP contribution in [-0.4, -0.2) is 21.7 Å². The van der Waals surface area contributed by atoms with E-state index in [1.165, 1.54) is 17.2 Å². The molecule has 0 atom stereocenters. The lowest BCUT2D eigenvalue weighted by Gasteiger charge is -2.34. The summed E-state index contributed by atoms with van der Waals surface area (Å²) in [5, 5.41) is 0.691. The molecule has 6 heteroatoms. The molecule has 102 valence electrons. The molecule has 2 amide bonds. The van der Waals surface area contributed by atoms with Gasteiger partial charge in [0.1, 0.15) is 5.15 Å². The molecule has 0 aromatic carbocycles. The normalized spacial score (nSPS) is 18.8. The van der Waals surface area contributed by atoms with Gasteiger partial charge in [0.25, 0.3) is 0 Å². The Balaban J connectivity index is 2.19. The third-order valence-corrected chi connectivity index (χ3v) is 3.64. The Morgan fingerprint density at radius 3 is 2.37 bits per heavy atom. The molecule has 1 saturated heterocycles. The number of pyridine rings is 1. The van der Waals surface area contributed by atoms with Crippen molar-refractivity contribution in [3.8, 4) is 0 Å². The monoisotopic (exact) mass is 300 g/mol. The Morgan fingerprint density at radius 2 is 1.84 bits per heavy atom. The van der Waals surface area contributed by atoms with Crippen LogP contribution in [-0.2, 0) is 16.1 Å². The summed E-state index contributed by atoms with van der Waals surface area (Å²) in [6.07, 6.45) is 2.21. The molecular weight excluding hydrogens is 287 g/mol. The summed E-state index contributed by atoms with van der Waals surface area (Å²) in [6, 6.07) is 1.50. The second kappa shape index (κ2) is 5.10. The summed E-state index contributed by atoms with van der Waals surface area (Å²) < 4.78 is 0. The van der Waals surface area contributed by atoms with Gasteiger partial charge < -0.3 is 0 Å². The van der Waals surface area contributed by atoms with E-state index in [1.54, 1.807) is 0 Å². The van der Waals surface area contributed by atoms with Gasteiger partial charge in [0.15, 0.2) is 0 Å². The highest BCUT2D eigenvalue weighted by Gasteiger charge is 2.37. The highest BCUT2D eigenvalue weighted by molar-refractivity contribution is 6.34. The number of hydrogen-bond acceptors (Lipinski definition) is 3. The predicted molar refractivity (Wildman–Crippen MR) is 72.8 cm³/mol. The minimum Gasteiger partial charge on any atom is -0.278 e. The van der Waals surface area contributed by atoms with Crippen molar-refractivity contribution < 1.29 is 9.59 Å². The first-order valence-electron chi connectivity index (χ1n) is 5.92. The standard InChI is InChI=1S/C13H14Cl2N2O2/c1-13(2)4-11(18)17(12(19)5-13)7-8-6-16-10(15)3-9(8)14/h3,6H,4-5,7H2,1-2H3. The van der Waals surface area contributed by atoms with Crippen LogP contribution in [0.2, 0.25) is 10.2 Å². The summed E-state index contributed by atoms with van der Waals surface area (Å²) in [7, 11) is 0. The van der Waals surface area contributed by atoms with E-state index in [2.05, 4.69) is 4.98 Å². The zero-order valence-corrected chi connectivity index (χ0v) is 12.3. The zero-order chi connectivity index (χ0) is 14.2. The summed E-state index contributed by atoms with van der Waals surface area (Å²) in [4.78, 5) is 29.2. The molecule has 2 rings (SSSR count). The number of halogens is 2. The maximum atomic E-state index is 12.0. The fourth-order valence-electron chi connectivity index (χ4n) is 2.11. The van der Waals surface area contributed by atoms with E-state index in [9.17, 15) is 9.59 Å². The number of hydrogen-bond donors (Lipinski definition) is 0. The smallest absolute Gasteiger partial charge is 0.230 e. The van der Waals surface area contributed by atoms with Crippen LogP contribution in [0.5, 0.6) is 0 Å². The predicted octanol–water partition coefficient (Wildman–Crippen LogP) is 3.06. The molecule has 2 heterocycles. The Kier molecular flexibility index (Phi) is 3.83. The van der Waals surface area contributed by atoms with Gasteiger partial charge in [-0.25, -0.2) is 4.98 Å². The summed E-state index contributed by atoms with van der Waals surface area (Å²) in [5.74, 6) is -0.348. The van der Waals surface area contributed by atoms with Crippen LogP contribution in [0.1, 0.15) is 32.3 Å². The van der Waals surface area contributed by atoms with Crippen LogP contribution < -0.4 is 0 Å². The van der Waals surface area contributed by atoms with Crippen molar-refractivity contribution >= 4 is 35.0 Å². The van der Waals surface area contributed by atoms with E-state index in [-0.39, 0.29) is 28.9 Å². The number of imide groups is 1. The van der Waals surface area contributed by atoms with Gasteiger partial charge in [0, 0.05) is 24.6 Å². The molecule has 1 aromatic heterocycles. The van der Waals surface area contributed by atoms with E-state index in [0.29, 0.717) is 23.4 Å². The van der Waals surface area contributed by atoms with Crippen LogP contribution in [0.3, 0.4) is 0 Å². The van der Waals surface area contributed by atoms with E-state index in [1.807, 2.05) is 13.8 Å². The van der Waals surface area contributed by atoms with Crippen LogP contribution >= 0.6 is 23.2 Å². The lowest BCUT2D eigenvalue weighted by atomic mass is 9.81. The quantitative estimate of drug-likeness (QED) is 0.623. The number of rotatable bonds is 2. The molecule has 1 aromatic rings. The number of piperidine rings is 1. The van der Waals surface area contributed by atoms with Crippen molar-refractivity contribution in [1.29, 1.82) is 0 Å². The Hall–Kier alpha value is -1.13. The average molecular weight is 301 g/mol. The van der Waals surface area contributed by atoms with Crippen molar-refractivity contribution in [2.24, 2.45) is 5.41 Å². The fourth-order valence-corrected chi connectivity index (χ4v) is 2.54. The first-order valence-corrected chi connectivity index (χ1v) is 6.67. The van der Waals surface area contributed by atoms with E-state index < -0.39 is 0 Å². The molecule has 19 heavy (non-hydrogen) atoms. The number of nitrogens with zero attached hydrogens (tertiary/aromatic N) is 2. The Bertz CT molecular complexity index is 523. The summed E-state index contributed by atoms with van der Waals surface area (Å²) in [5.41, 5.74) is 0.347. The van der Waals surface area contributed by atoms with Gasteiger partial charge in [-0.3, -0.25) is 14.5 Å². The van der Waals surface area contributed by atoms with Gasteiger partial charge >= 0.3 is 0 Å². The number of carbonyl (C=O) groups is 2. The molecular formula is C13H14Cl2N2O2. The van der Waals surface area contributed by atoms with Gasteiger partial charge in [0.2, 0.25) is 11.8 Å². The topological polar surface area (TPSA) is 50.3 Å². The Labute approximate surface area is 121 Å². The largest absolute Gasteiger partial charge is 0.278 e. The minimum absolute atomic E-state index is 0.150. The van der Waals surface area contributed by atoms with Crippen LogP contribution in [0.4, 0.5) is 0 Å².